The maximum Gasteiger partial charge on any atom is 0.244 e. The van der Waals surface area contributed by atoms with Gasteiger partial charge in [0.1, 0.15) is 28.0 Å². The molecule has 0 saturated carbocycles. The molecule has 2 N–H and O–H groups in total. The van der Waals surface area contributed by atoms with E-state index in [1.807, 2.05) is 13.8 Å². The van der Waals surface area contributed by atoms with Crippen molar-refractivity contribution in [1.29, 1.82) is 0 Å². The number of nitrogens with zero attached hydrogens (tertiary/aromatic N) is 2. The number of rotatable bonds is 12. The molecule has 0 saturated heterocycles. The molecule has 0 fully saturated rings. The third-order valence-corrected chi connectivity index (χ3v) is 7.96. The second-order valence-electron chi connectivity index (χ2n) is 9.51. The number of sulfonamides is 1. The molecule has 10 nitrogen and oxygen atoms in total. The van der Waals surface area contributed by atoms with Crippen molar-refractivity contribution in [3.8, 4) is 23.0 Å². The van der Waals surface area contributed by atoms with E-state index in [2.05, 4.69) is 20.0 Å². The first-order valence-electron chi connectivity index (χ1n) is 13.0. The predicted octanol–water partition coefficient (Wildman–Crippen LogP) is 5.72. The zero-order chi connectivity index (χ0) is 30.3. The second-order valence-corrected chi connectivity index (χ2v) is 11.7. The Hall–Kier alpha value is -4.19. The van der Waals surface area contributed by atoms with Gasteiger partial charge in [-0.05, 0) is 35.9 Å². The molecule has 0 atom stereocenters. The standard InChI is InChI=1S/C30H31ClN4O6S/c1-19(2)30-32-17-24(18-33-30)41-26-12-10-22(35-29(36)13-20-7-5-6-8-25(20)31)14-28(26)42(37,38)34-16-21-9-11-23(39-3)15-27(21)40-4/h5-12,14-15,17-19,34H,13,16H2,1-4H3,(H,35,36). The summed E-state index contributed by atoms with van der Waals surface area (Å²) in [4.78, 5) is 21.2. The first-order chi connectivity index (χ1) is 20.1. The van der Waals surface area contributed by atoms with Gasteiger partial charge >= 0.3 is 0 Å². The first kappa shape index (κ1) is 30.8. The minimum atomic E-state index is -4.17. The zero-order valence-corrected chi connectivity index (χ0v) is 25.1. The van der Waals surface area contributed by atoms with Crippen LogP contribution in [0.1, 0.15) is 36.7 Å². The highest BCUT2D eigenvalue weighted by molar-refractivity contribution is 7.89. The van der Waals surface area contributed by atoms with Gasteiger partial charge in [0.25, 0.3) is 0 Å². The number of benzene rings is 3. The fourth-order valence-electron chi connectivity index (χ4n) is 3.95. The molecular formula is C30H31ClN4O6S. The van der Waals surface area contributed by atoms with Crippen LogP contribution in [0.15, 0.2) is 78.0 Å². The number of hydrogen-bond donors (Lipinski definition) is 2. The number of carbonyl (C=O) groups excluding carboxylic acids is 1. The normalized spacial score (nSPS) is 11.3. The highest BCUT2D eigenvalue weighted by Gasteiger charge is 2.23. The van der Waals surface area contributed by atoms with Crippen molar-refractivity contribution < 1.29 is 27.4 Å². The lowest BCUT2D eigenvalue weighted by Crippen LogP contribution is -2.24. The lowest BCUT2D eigenvalue weighted by atomic mass is 10.1. The third-order valence-electron chi connectivity index (χ3n) is 6.17. The molecule has 1 aromatic heterocycles. The van der Waals surface area contributed by atoms with E-state index in [4.69, 9.17) is 25.8 Å². The maximum absolute atomic E-state index is 13.6. The molecule has 3 aromatic carbocycles. The number of hydrogen-bond acceptors (Lipinski definition) is 8. The van der Waals surface area contributed by atoms with Gasteiger partial charge in [-0.3, -0.25) is 4.79 Å². The Balaban J connectivity index is 1.63. The Morgan fingerprint density at radius 1 is 0.905 bits per heavy atom. The molecule has 12 heteroatoms. The third kappa shape index (κ3) is 7.75. The van der Waals surface area contributed by atoms with Crippen molar-refractivity contribution in [2.75, 3.05) is 19.5 Å². The quantitative estimate of drug-likeness (QED) is 0.208. The molecule has 0 aliphatic rings. The van der Waals surface area contributed by atoms with Crippen LogP contribution in [0.2, 0.25) is 5.02 Å². The molecule has 4 aromatic rings. The van der Waals surface area contributed by atoms with Gasteiger partial charge in [-0.25, -0.2) is 23.1 Å². The number of anilines is 1. The minimum Gasteiger partial charge on any atom is -0.497 e. The number of amides is 1. The Morgan fingerprint density at radius 2 is 1.64 bits per heavy atom. The highest BCUT2D eigenvalue weighted by Crippen LogP contribution is 2.32. The fraction of sp³-hybridized carbons (Fsp3) is 0.233. The molecule has 0 radical (unpaired) electrons. The second kappa shape index (κ2) is 13.6. The van der Waals surface area contributed by atoms with E-state index >= 15 is 0 Å². The topological polar surface area (TPSA) is 129 Å². The molecule has 0 aliphatic heterocycles. The average molecular weight is 611 g/mol. The van der Waals surface area contributed by atoms with E-state index in [9.17, 15) is 13.2 Å². The van der Waals surface area contributed by atoms with E-state index in [1.165, 1.54) is 38.7 Å². The van der Waals surface area contributed by atoms with Crippen molar-refractivity contribution in [2.24, 2.45) is 0 Å². The number of halogens is 1. The molecule has 0 unspecified atom stereocenters. The first-order valence-corrected chi connectivity index (χ1v) is 14.8. The maximum atomic E-state index is 13.6. The molecule has 4 rings (SSSR count). The van der Waals surface area contributed by atoms with Crippen LogP contribution >= 0.6 is 11.6 Å². The van der Waals surface area contributed by atoms with Gasteiger partial charge in [-0.1, -0.05) is 49.7 Å². The van der Waals surface area contributed by atoms with Crippen LogP contribution in [-0.4, -0.2) is 38.5 Å². The van der Waals surface area contributed by atoms with Crippen LogP contribution in [0.25, 0.3) is 0 Å². The summed E-state index contributed by atoms with van der Waals surface area (Å²) < 4.78 is 46.4. The molecule has 0 bridgehead atoms. The fourth-order valence-corrected chi connectivity index (χ4v) is 5.31. The van der Waals surface area contributed by atoms with Crippen LogP contribution in [0.4, 0.5) is 5.69 Å². The van der Waals surface area contributed by atoms with Gasteiger partial charge in [0, 0.05) is 34.8 Å². The van der Waals surface area contributed by atoms with Crippen LogP contribution in [0.3, 0.4) is 0 Å². The lowest BCUT2D eigenvalue weighted by Gasteiger charge is -2.16. The summed E-state index contributed by atoms with van der Waals surface area (Å²) in [5.74, 6) is 1.67. The minimum absolute atomic E-state index is 0.00899. The summed E-state index contributed by atoms with van der Waals surface area (Å²) in [6, 6.07) is 16.4. The van der Waals surface area contributed by atoms with Crippen LogP contribution < -0.4 is 24.2 Å². The van der Waals surface area contributed by atoms with Crippen LogP contribution in [0, 0.1) is 0 Å². The van der Waals surface area contributed by atoms with Crippen molar-refractivity contribution in [2.45, 2.75) is 37.6 Å². The predicted molar refractivity (Wildman–Crippen MR) is 160 cm³/mol. The van der Waals surface area contributed by atoms with Gasteiger partial charge in [0.05, 0.1) is 33.0 Å². The highest BCUT2D eigenvalue weighted by atomic mass is 35.5. The van der Waals surface area contributed by atoms with Crippen LogP contribution in [0.5, 0.6) is 23.0 Å². The summed E-state index contributed by atoms with van der Waals surface area (Å²) in [5.41, 5.74) is 1.49. The molecule has 1 heterocycles. The number of carbonyl (C=O) groups is 1. The largest absolute Gasteiger partial charge is 0.497 e. The van der Waals surface area contributed by atoms with E-state index in [0.717, 1.165) is 0 Å². The summed E-state index contributed by atoms with van der Waals surface area (Å²) >= 11 is 6.19. The Bertz CT molecular complexity index is 1660. The van der Waals surface area contributed by atoms with Gasteiger partial charge < -0.3 is 19.5 Å². The van der Waals surface area contributed by atoms with Gasteiger partial charge in [-0.15, -0.1) is 0 Å². The van der Waals surface area contributed by atoms with E-state index in [1.54, 1.807) is 48.5 Å². The molecular weight excluding hydrogens is 580 g/mol. The van der Waals surface area contributed by atoms with Gasteiger partial charge in [0.2, 0.25) is 15.9 Å². The van der Waals surface area contributed by atoms with E-state index < -0.39 is 10.0 Å². The van der Waals surface area contributed by atoms with Gasteiger partial charge in [0.15, 0.2) is 5.75 Å². The zero-order valence-electron chi connectivity index (χ0n) is 23.5. The van der Waals surface area contributed by atoms with E-state index in [0.29, 0.717) is 33.5 Å². The summed E-state index contributed by atoms with van der Waals surface area (Å²) in [7, 11) is -1.16. The number of ether oxygens (including phenoxy) is 3. The van der Waals surface area contributed by atoms with Crippen molar-refractivity contribution in [3.05, 3.63) is 95.0 Å². The molecule has 1 amide bonds. The van der Waals surface area contributed by atoms with Crippen molar-refractivity contribution >= 4 is 33.2 Å². The monoisotopic (exact) mass is 610 g/mol. The number of aromatic nitrogens is 2. The Kier molecular flexibility index (Phi) is 10.00. The molecule has 42 heavy (non-hydrogen) atoms. The number of nitrogens with one attached hydrogen (secondary N) is 2. The van der Waals surface area contributed by atoms with E-state index in [-0.39, 0.29) is 46.9 Å². The van der Waals surface area contributed by atoms with Crippen LogP contribution in [-0.2, 0) is 27.8 Å². The van der Waals surface area contributed by atoms with Crippen molar-refractivity contribution in [1.82, 2.24) is 14.7 Å². The summed E-state index contributed by atoms with van der Waals surface area (Å²) in [6.07, 6.45) is 2.97. The smallest absolute Gasteiger partial charge is 0.244 e. The molecule has 220 valence electrons. The summed E-state index contributed by atoms with van der Waals surface area (Å²) in [6.45, 7) is 3.84. The van der Waals surface area contributed by atoms with Crippen molar-refractivity contribution in [3.63, 3.8) is 0 Å². The molecule has 0 aliphatic carbocycles. The Morgan fingerprint density at radius 3 is 2.31 bits per heavy atom. The summed E-state index contributed by atoms with van der Waals surface area (Å²) in [5, 5.41) is 3.20. The Labute approximate surface area is 250 Å². The SMILES string of the molecule is COc1ccc(CNS(=O)(=O)c2cc(NC(=O)Cc3ccccc3Cl)ccc2Oc2cnc(C(C)C)nc2)c(OC)c1. The lowest BCUT2D eigenvalue weighted by molar-refractivity contribution is -0.115. The van der Waals surface area contributed by atoms with Gasteiger partial charge in [-0.2, -0.15) is 0 Å². The number of methoxy groups -OCH3 is 2. The average Bonchev–Trinajstić information content (AvgIpc) is 2.98. The molecule has 0 spiro atoms.